The molecule has 1 aromatic carbocycles. The fraction of sp³-hybridized carbons (Fsp3) is 0.421. The van der Waals surface area contributed by atoms with Crippen LogP contribution in [0, 0.1) is 5.92 Å². The molecule has 1 fully saturated rings. The molecular formula is C19H22N4O2S. The third-order valence-corrected chi connectivity index (χ3v) is 5.73. The first-order valence-corrected chi connectivity index (χ1v) is 9.89. The Hall–Kier alpha value is -2.41. The van der Waals surface area contributed by atoms with Gasteiger partial charge in [0.2, 0.25) is 16.8 Å². The normalized spacial score (nSPS) is 15.3. The summed E-state index contributed by atoms with van der Waals surface area (Å²) in [5.41, 5.74) is 1.98. The summed E-state index contributed by atoms with van der Waals surface area (Å²) >= 11 is 1.51. The van der Waals surface area contributed by atoms with Crippen LogP contribution in [-0.4, -0.2) is 27.6 Å². The molecule has 1 amide bonds. The van der Waals surface area contributed by atoms with Crippen LogP contribution in [0.15, 0.2) is 29.6 Å². The van der Waals surface area contributed by atoms with Gasteiger partial charge in [-0.3, -0.25) is 10.1 Å². The molecule has 0 saturated heterocycles. The van der Waals surface area contributed by atoms with Gasteiger partial charge >= 0.3 is 0 Å². The summed E-state index contributed by atoms with van der Waals surface area (Å²) in [5.74, 6) is 1.71. The Bertz CT molecular complexity index is 894. The molecule has 0 unspecified atom stereocenters. The Morgan fingerprint density at radius 3 is 2.77 bits per heavy atom. The van der Waals surface area contributed by atoms with Crippen molar-refractivity contribution in [3.8, 4) is 17.0 Å². The van der Waals surface area contributed by atoms with E-state index in [0.29, 0.717) is 18.3 Å². The highest BCUT2D eigenvalue weighted by Gasteiger charge is 2.19. The maximum atomic E-state index is 12.3. The molecule has 1 aliphatic carbocycles. The van der Waals surface area contributed by atoms with E-state index < -0.39 is 0 Å². The number of benzene rings is 1. The maximum absolute atomic E-state index is 12.3. The van der Waals surface area contributed by atoms with E-state index in [9.17, 15) is 4.79 Å². The van der Waals surface area contributed by atoms with Crippen molar-refractivity contribution >= 4 is 28.2 Å². The van der Waals surface area contributed by atoms with Gasteiger partial charge in [0.25, 0.3) is 0 Å². The number of amides is 1. The van der Waals surface area contributed by atoms with Crippen LogP contribution in [-0.2, 0) is 4.79 Å². The number of nitrogens with zero attached hydrogens (tertiary/aromatic N) is 3. The van der Waals surface area contributed by atoms with Crippen molar-refractivity contribution in [3.63, 3.8) is 0 Å². The van der Waals surface area contributed by atoms with E-state index in [1.165, 1.54) is 30.6 Å². The van der Waals surface area contributed by atoms with E-state index in [1.807, 2.05) is 29.6 Å². The molecule has 0 atom stereocenters. The Morgan fingerprint density at radius 2 is 2.04 bits per heavy atom. The predicted octanol–water partition coefficient (Wildman–Crippen LogP) is 4.38. The minimum absolute atomic E-state index is 0.0150. The topological polar surface area (TPSA) is 68.5 Å². The van der Waals surface area contributed by atoms with E-state index >= 15 is 0 Å². The predicted molar refractivity (Wildman–Crippen MR) is 103 cm³/mol. The van der Waals surface area contributed by atoms with Crippen molar-refractivity contribution in [3.05, 3.63) is 29.6 Å². The molecule has 2 heterocycles. The van der Waals surface area contributed by atoms with Crippen molar-refractivity contribution in [1.82, 2.24) is 14.6 Å². The lowest BCUT2D eigenvalue weighted by molar-refractivity contribution is -0.117. The van der Waals surface area contributed by atoms with E-state index in [4.69, 9.17) is 4.74 Å². The Kier molecular flexibility index (Phi) is 4.88. The Labute approximate surface area is 156 Å². The maximum Gasteiger partial charge on any atom is 0.250 e. The highest BCUT2D eigenvalue weighted by atomic mass is 32.1. The van der Waals surface area contributed by atoms with Crippen LogP contribution in [0.1, 0.15) is 38.5 Å². The van der Waals surface area contributed by atoms with Gasteiger partial charge in [0.05, 0.1) is 12.8 Å². The zero-order valence-electron chi connectivity index (χ0n) is 14.8. The van der Waals surface area contributed by atoms with Crippen molar-refractivity contribution in [2.75, 3.05) is 12.4 Å². The molecule has 0 spiro atoms. The lowest BCUT2D eigenvalue weighted by atomic mass is 9.87. The fourth-order valence-electron chi connectivity index (χ4n) is 3.52. The molecule has 7 heteroatoms. The van der Waals surface area contributed by atoms with Crippen LogP contribution in [0.5, 0.6) is 5.75 Å². The van der Waals surface area contributed by atoms with Gasteiger partial charge in [-0.05, 0) is 43.0 Å². The molecule has 26 heavy (non-hydrogen) atoms. The average Bonchev–Trinajstić information content (AvgIpc) is 3.22. The summed E-state index contributed by atoms with van der Waals surface area (Å²) in [4.78, 5) is 17.5. The summed E-state index contributed by atoms with van der Waals surface area (Å²) in [5, 5.41) is 9.36. The van der Waals surface area contributed by atoms with Gasteiger partial charge in [-0.25, -0.2) is 4.52 Å². The van der Waals surface area contributed by atoms with Crippen LogP contribution < -0.4 is 10.1 Å². The molecule has 0 aliphatic heterocycles. The fourth-order valence-corrected chi connectivity index (χ4v) is 4.35. The van der Waals surface area contributed by atoms with Crippen LogP contribution in [0.25, 0.3) is 16.2 Å². The summed E-state index contributed by atoms with van der Waals surface area (Å²) in [6.45, 7) is 0. The highest BCUT2D eigenvalue weighted by molar-refractivity contribution is 7.15. The smallest absolute Gasteiger partial charge is 0.250 e. The zero-order valence-corrected chi connectivity index (χ0v) is 15.6. The number of carbonyl (C=O) groups is 1. The summed E-state index contributed by atoms with van der Waals surface area (Å²) in [6.07, 6.45) is 6.65. The first-order valence-electron chi connectivity index (χ1n) is 9.01. The molecule has 3 aromatic rings. The van der Waals surface area contributed by atoms with Crippen LogP contribution in [0.4, 0.5) is 5.95 Å². The number of thiazole rings is 1. The van der Waals surface area contributed by atoms with E-state index in [-0.39, 0.29) is 5.91 Å². The number of carbonyl (C=O) groups excluding carboxylic acids is 1. The second-order valence-electron chi connectivity index (χ2n) is 6.74. The van der Waals surface area contributed by atoms with E-state index in [2.05, 4.69) is 15.4 Å². The average molecular weight is 370 g/mol. The van der Waals surface area contributed by atoms with Gasteiger partial charge < -0.3 is 4.74 Å². The van der Waals surface area contributed by atoms with Crippen molar-refractivity contribution in [2.45, 2.75) is 38.5 Å². The van der Waals surface area contributed by atoms with Crippen LogP contribution in [0.2, 0.25) is 0 Å². The molecular weight excluding hydrogens is 348 g/mol. The number of nitrogens with one attached hydrogen (secondary N) is 1. The van der Waals surface area contributed by atoms with Crippen molar-refractivity contribution in [1.29, 1.82) is 0 Å². The Morgan fingerprint density at radius 1 is 1.27 bits per heavy atom. The van der Waals surface area contributed by atoms with E-state index in [0.717, 1.165) is 34.8 Å². The van der Waals surface area contributed by atoms with Gasteiger partial charge in [0, 0.05) is 17.4 Å². The van der Waals surface area contributed by atoms with Gasteiger partial charge in [-0.2, -0.15) is 4.98 Å². The molecule has 2 aromatic heterocycles. The van der Waals surface area contributed by atoms with Gasteiger partial charge in [-0.1, -0.05) is 19.3 Å². The molecule has 136 valence electrons. The number of aromatic nitrogens is 3. The lowest BCUT2D eigenvalue weighted by Gasteiger charge is -2.20. The number of anilines is 1. The third-order valence-electron chi connectivity index (χ3n) is 4.92. The molecule has 4 rings (SSSR count). The number of ether oxygens (including phenoxy) is 1. The third kappa shape index (κ3) is 3.58. The minimum Gasteiger partial charge on any atom is -0.497 e. The highest BCUT2D eigenvalue weighted by Crippen LogP contribution is 2.28. The van der Waals surface area contributed by atoms with Crippen molar-refractivity contribution in [2.24, 2.45) is 5.92 Å². The number of fused-ring (bicyclic) bond motifs is 1. The Balaban J connectivity index is 1.49. The largest absolute Gasteiger partial charge is 0.497 e. The number of rotatable bonds is 5. The standard InChI is InChI=1S/C19H22N4O2S/c1-25-15-9-7-14(8-10-15)16-12-26-19-21-18(22-23(16)19)20-17(24)11-13-5-3-2-4-6-13/h7-10,12-13H,2-6,11H2,1H3,(H,20,22,24). The van der Waals surface area contributed by atoms with Crippen LogP contribution >= 0.6 is 11.3 Å². The van der Waals surface area contributed by atoms with Crippen molar-refractivity contribution < 1.29 is 9.53 Å². The minimum atomic E-state index is 0.0150. The van der Waals surface area contributed by atoms with Gasteiger partial charge in [0.15, 0.2) is 0 Å². The number of hydrogen-bond acceptors (Lipinski definition) is 5. The molecule has 1 N–H and O–H groups in total. The molecule has 0 radical (unpaired) electrons. The zero-order chi connectivity index (χ0) is 17.9. The summed E-state index contributed by atoms with van der Waals surface area (Å²) < 4.78 is 6.98. The summed E-state index contributed by atoms with van der Waals surface area (Å²) in [7, 11) is 1.65. The van der Waals surface area contributed by atoms with Gasteiger partial charge in [-0.15, -0.1) is 16.4 Å². The summed E-state index contributed by atoms with van der Waals surface area (Å²) in [6, 6.07) is 7.82. The van der Waals surface area contributed by atoms with Crippen LogP contribution in [0.3, 0.4) is 0 Å². The first-order chi connectivity index (χ1) is 12.7. The van der Waals surface area contributed by atoms with Gasteiger partial charge in [0.1, 0.15) is 5.75 Å². The second kappa shape index (κ2) is 7.45. The lowest BCUT2D eigenvalue weighted by Crippen LogP contribution is -2.19. The van der Waals surface area contributed by atoms with E-state index in [1.54, 1.807) is 11.6 Å². The molecule has 0 bridgehead atoms. The number of hydrogen-bond donors (Lipinski definition) is 1. The number of methoxy groups -OCH3 is 1. The first kappa shape index (κ1) is 17.0. The molecule has 1 saturated carbocycles. The second-order valence-corrected chi connectivity index (χ2v) is 7.57. The molecule has 6 nitrogen and oxygen atoms in total. The molecule has 1 aliphatic rings. The quantitative estimate of drug-likeness (QED) is 0.724. The monoisotopic (exact) mass is 370 g/mol. The SMILES string of the molecule is COc1ccc(-c2csc3nc(NC(=O)CC4CCCCC4)nn23)cc1.